The number of nitrogens with one attached hydrogen (secondary N) is 1. The standard InChI is InChI=1S/C34H41F2N7O4/c1-19(2)28(44)17-46-18-30(45)47-33(22-9-11-42(6)12-10-22)23-7-8-29(37-15-23)40-34-38-16-26(36)31(41-34)24-13-25(35)32-27(14-24)43(20(3)4)21(5)39-32/h7-8,13-16,19-20,22,33H,9-12,17-18H2,1-6H3,(H,37,38,40,41)/t33-/m1/s1. The van der Waals surface area contributed by atoms with E-state index in [0.717, 1.165) is 32.1 Å². The number of pyridine rings is 1. The van der Waals surface area contributed by atoms with Crippen LogP contribution in [0, 0.1) is 30.4 Å². The third-order valence-electron chi connectivity index (χ3n) is 8.37. The molecular formula is C34H41F2N7O4. The van der Waals surface area contributed by atoms with Crippen molar-refractivity contribution in [1.29, 1.82) is 0 Å². The summed E-state index contributed by atoms with van der Waals surface area (Å²) in [5.74, 6) is -0.912. The molecule has 47 heavy (non-hydrogen) atoms. The molecule has 0 unspecified atom stereocenters. The number of fused-ring (bicyclic) bond motifs is 1. The first-order valence-electron chi connectivity index (χ1n) is 15.8. The first-order valence-corrected chi connectivity index (χ1v) is 15.8. The van der Waals surface area contributed by atoms with Gasteiger partial charge in [-0.15, -0.1) is 0 Å². The van der Waals surface area contributed by atoms with Gasteiger partial charge in [0, 0.05) is 35.2 Å². The Morgan fingerprint density at radius 2 is 1.74 bits per heavy atom. The highest BCUT2D eigenvalue weighted by molar-refractivity contribution is 5.83. The van der Waals surface area contributed by atoms with Crippen molar-refractivity contribution in [3.05, 3.63) is 59.7 Å². The molecule has 1 aromatic carbocycles. The van der Waals surface area contributed by atoms with Crippen molar-refractivity contribution in [1.82, 2.24) is 29.4 Å². The van der Waals surface area contributed by atoms with Gasteiger partial charge in [-0.25, -0.2) is 33.5 Å². The summed E-state index contributed by atoms with van der Waals surface area (Å²) >= 11 is 0. The second-order valence-electron chi connectivity index (χ2n) is 12.6. The Balaban J connectivity index is 1.34. The molecule has 1 atom stereocenters. The van der Waals surface area contributed by atoms with Crippen LogP contribution in [0.2, 0.25) is 0 Å². The summed E-state index contributed by atoms with van der Waals surface area (Å²) in [6.45, 7) is 10.6. The maximum Gasteiger partial charge on any atom is 0.332 e. The number of Topliss-reactive ketones (excluding diaryl/α,β-unsaturated/α-hetero) is 1. The Kier molecular flexibility index (Phi) is 10.6. The number of rotatable bonds is 12. The second kappa shape index (κ2) is 14.6. The minimum absolute atomic E-state index is 0.0208. The predicted octanol–water partition coefficient (Wildman–Crippen LogP) is 5.97. The van der Waals surface area contributed by atoms with E-state index in [1.807, 2.05) is 18.4 Å². The number of hydrogen-bond donors (Lipinski definition) is 1. The first-order chi connectivity index (χ1) is 22.4. The van der Waals surface area contributed by atoms with Crippen LogP contribution in [-0.4, -0.2) is 74.5 Å². The molecule has 0 spiro atoms. The lowest BCUT2D eigenvalue weighted by Gasteiger charge is -2.34. The molecule has 250 valence electrons. The van der Waals surface area contributed by atoms with Crippen LogP contribution in [0.5, 0.6) is 0 Å². The molecular weight excluding hydrogens is 608 g/mol. The Morgan fingerprint density at radius 3 is 2.40 bits per heavy atom. The van der Waals surface area contributed by atoms with Gasteiger partial charge < -0.3 is 24.3 Å². The maximum atomic E-state index is 15.1. The summed E-state index contributed by atoms with van der Waals surface area (Å²) in [6, 6.07) is 6.42. The Hall–Kier alpha value is -4.36. The predicted molar refractivity (Wildman–Crippen MR) is 173 cm³/mol. The molecule has 0 radical (unpaired) electrons. The highest BCUT2D eigenvalue weighted by Crippen LogP contribution is 2.34. The van der Waals surface area contributed by atoms with Gasteiger partial charge in [0.25, 0.3) is 0 Å². The third kappa shape index (κ3) is 7.96. The number of esters is 1. The van der Waals surface area contributed by atoms with E-state index in [-0.39, 0.29) is 59.6 Å². The smallest absolute Gasteiger partial charge is 0.332 e. The van der Waals surface area contributed by atoms with Crippen molar-refractivity contribution < 1.29 is 27.8 Å². The minimum Gasteiger partial charge on any atom is -0.455 e. The van der Waals surface area contributed by atoms with Crippen molar-refractivity contribution in [2.45, 2.75) is 59.6 Å². The van der Waals surface area contributed by atoms with Crippen LogP contribution in [0.25, 0.3) is 22.3 Å². The topological polar surface area (TPSA) is 124 Å². The third-order valence-corrected chi connectivity index (χ3v) is 8.37. The lowest BCUT2D eigenvalue weighted by Crippen LogP contribution is -2.34. The van der Waals surface area contributed by atoms with Gasteiger partial charge in [-0.05, 0) is 71.9 Å². The van der Waals surface area contributed by atoms with Gasteiger partial charge in [0.2, 0.25) is 5.95 Å². The zero-order chi connectivity index (χ0) is 33.8. The number of anilines is 2. The second-order valence-corrected chi connectivity index (χ2v) is 12.6. The zero-order valence-corrected chi connectivity index (χ0v) is 27.6. The highest BCUT2D eigenvalue weighted by Gasteiger charge is 2.30. The van der Waals surface area contributed by atoms with E-state index in [9.17, 15) is 9.59 Å². The number of ether oxygens (including phenoxy) is 2. The normalized spacial score (nSPS) is 15.0. The lowest BCUT2D eigenvalue weighted by atomic mass is 9.88. The van der Waals surface area contributed by atoms with E-state index in [2.05, 4.69) is 37.2 Å². The summed E-state index contributed by atoms with van der Waals surface area (Å²) in [4.78, 5) is 44.1. The molecule has 1 aliphatic rings. The van der Waals surface area contributed by atoms with Crippen LogP contribution in [-0.2, 0) is 19.1 Å². The van der Waals surface area contributed by atoms with Gasteiger partial charge in [-0.1, -0.05) is 19.9 Å². The van der Waals surface area contributed by atoms with Crippen LogP contribution < -0.4 is 5.32 Å². The van der Waals surface area contributed by atoms with Crippen molar-refractivity contribution in [3.8, 4) is 11.3 Å². The Labute approximate surface area is 272 Å². The van der Waals surface area contributed by atoms with Crippen LogP contribution in [0.15, 0.2) is 36.7 Å². The molecule has 1 fully saturated rings. The average Bonchev–Trinajstić information content (AvgIpc) is 3.38. The largest absolute Gasteiger partial charge is 0.455 e. The van der Waals surface area contributed by atoms with Crippen molar-refractivity contribution in [2.75, 3.05) is 38.7 Å². The average molecular weight is 650 g/mol. The van der Waals surface area contributed by atoms with Gasteiger partial charge in [-0.3, -0.25) is 4.79 Å². The van der Waals surface area contributed by atoms with Gasteiger partial charge in [0.15, 0.2) is 17.4 Å². The summed E-state index contributed by atoms with van der Waals surface area (Å²) in [6.07, 6.45) is 3.75. The van der Waals surface area contributed by atoms with Crippen LogP contribution >= 0.6 is 0 Å². The van der Waals surface area contributed by atoms with Gasteiger partial charge in [0.05, 0.1) is 11.7 Å². The number of hydrogen-bond acceptors (Lipinski definition) is 10. The number of nitrogens with zero attached hydrogens (tertiary/aromatic N) is 6. The van der Waals surface area contributed by atoms with Gasteiger partial charge in [-0.2, -0.15) is 0 Å². The zero-order valence-electron chi connectivity index (χ0n) is 27.6. The van der Waals surface area contributed by atoms with Crippen LogP contribution in [0.3, 0.4) is 0 Å². The van der Waals surface area contributed by atoms with E-state index < -0.39 is 23.7 Å². The lowest BCUT2D eigenvalue weighted by molar-refractivity contribution is -0.159. The van der Waals surface area contributed by atoms with E-state index in [1.165, 1.54) is 6.07 Å². The fourth-order valence-corrected chi connectivity index (χ4v) is 5.79. The number of piperidine rings is 1. The maximum absolute atomic E-state index is 15.1. The molecule has 11 nitrogen and oxygen atoms in total. The van der Waals surface area contributed by atoms with E-state index in [0.29, 0.717) is 22.7 Å². The van der Waals surface area contributed by atoms with E-state index in [1.54, 1.807) is 45.2 Å². The minimum atomic E-state index is -0.703. The molecule has 13 heteroatoms. The summed E-state index contributed by atoms with van der Waals surface area (Å²) in [5, 5.41) is 2.99. The molecule has 0 amide bonds. The van der Waals surface area contributed by atoms with Gasteiger partial charge in [0.1, 0.15) is 42.2 Å². The number of aryl methyl sites for hydroxylation is 1. The number of likely N-dealkylation sites (tertiary alicyclic amines) is 1. The number of benzene rings is 1. The first kappa shape index (κ1) is 34.0. The molecule has 1 saturated heterocycles. The van der Waals surface area contributed by atoms with Crippen molar-refractivity contribution >= 4 is 34.6 Å². The number of ketones is 1. The fraction of sp³-hybridized carbons (Fsp3) is 0.471. The Bertz CT molecular complexity index is 1730. The molecule has 4 heterocycles. The summed E-state index contributed by atoms with van der Waals surface area (Å²) < 4.78 is 43.2. The number of carbonyl (C=O) groups is 2. The molecule has 5 rings (SSSR count). The number of carbonyl (C=O) groups excluding carboxylic acids is 2. The number of halogens is 2. The SMILES string of the molecule is Cc1nc2c(F)cc(-c3nc(Nc4ccc([C@H](OC(=O)COCC(=O)C(C)C)C5CCN(C)CC5)cn4)ncc3F)cc2n1C(C)C. The summed E-state index contributed by atoms with van der Waals surface area (Å²) in [7, 11) is 2.05. The number of aromatic nitrogens is 5. The molecule has 1 aliphatic heterocycles. The molecule has 3 aromatic heterocycles. The highest BCUT2D eigenvalue weighted by atomic mass is 19.1. The van der Waals surface area contributed by atoms with E-state index in [4.69, 9.17) is 9.47 Å². The summed E-state index contributed by atoms with van der Waals surface area (Å²) in [5.41, 5.74) is 1.66. The molecule has 4 aromatic rings. The molecule has 0 aliphatic carbocycles. The Morgan fingerprint density at radius 1 is 1.00 bits per heavy atom. The van der Waals surface area contributed by atoms with Crippen LogP contribution in [0.1, 0.15) is 64.1 Å². The van der Waals surface area contributed by atoms with Crippen molar-refractivity contribution in [2.24, 2.45) is 11.8 Å². The van der Waals surface area contributed by atoms with Crippen molar-refractivity contribution in [3.63, 3.8) is 0 Å². The molecule has 0 saturated carbocycles. The number of imidazole rings is 1. The molecule has 0 bridgehead atoms. The fourth-order valence-electron chi connectivity index (χ4n) is 5.79. The quantitative estimate of drug-likeness (QED) is 0.184. The van der Waals surface area contributed by atoms with Crippen LogP contribution in [0.4, 0.5) is 20.5 Å². The molecule has 1 N–H and O–H groups in total. The van der Waals surface area contributed by atoms with Gasteiger partial charge >= 0.3 is 5.97 Å². The monoisotopic (exact) mass is 649 g/mol. The van der Waals surface area contributed by atoms with E-state index >= 15 is 8.78 Å².